The first-order chi connectivity index (χ1) is 4.83. The summed E-state index contributed by atoms with van der Waals surface area (Å²) < 4.78 is 4.67. The summed E-state index contributed by atoms with van der Waals surface area (Å²) in [5, 5.41) is 18.7. The van der Waals surface area contributed by atoms with Crippen LogP contribution in [0.3, 0.4) is 0 Å². The molecule has 10 heavy (non-hydrogen) atoms. The number of ether oxygens (including phenoxy) is 1. The van der Waals surface area contributed by atoms with Gasteiger partial charge in [-0.25, -0.2) is 10.2 Å². The molecule has 0 spiro atoms. The summed E-state index contributed by atoms with van der Waals surface area (Å²) in [7, 11) is 0. The average Bonchev–Trinajstić information content (AvgIpc) is 2.01. The molecule has 0 aliphatic carbocycles. The van der Waals surface area contributed by atoms with Crippen LogP contribution < -0.4 is 0 Å². The van der Waals surface area contributed by atoms with Crippen molar-refractivity contribution in [1.82, 2.24) is 0 Å². The molecule has 0 N–H and O–H groups in total. The summed E-state index contributed by atoms with van der Waals surface area (Å²) in [5.41, 5.74) is 0. The fourth-order valence-corrected chi connectivity index (χ4v) is 0.203. The van der Waals surface area contributed by atoms with Crippen molar-refractivity contribution in [2.24, 2.45) is 0 Å². The highest BCUT2D eigenvalue weighted by molar-refractivity contribution is 4.60. The third-order valence-corrected chi connectivity index (χ3v) is 0.550. The molecule has 0 bridgehead atoms. The highest BCUT2D eigenvalue weighted by Gasteiger charge is 1.75. The van der Waals surface area contributed by atoms with Gasteiger partial charge in [0.1, 0.15) is 13.2 Å². The Kier molecular flexibility index (Phi) is 19.5. The van der Waals surface area contributed by atoms with Gasteiger partial charge >= 0.3 is 0 Å². The second kappa shape index (κ2) is 15.8. The van der Waals surface area contributed by atoms with E-state index in [1.807, 2.05) is 6.92 Å². The largest absolute Gasteiger partial charge is 0.379 e. The molecule has 0 aliphatic heterocycles. The van der Waals surface area contributed by atoms with Crippen LogP contribution in [-0.2, 0) is 14.9 Å². The van der Waals surface area contributed by atoms with Gasteiger partial charge in [-0.15, -0.1) is 6.58 Å². The highest BCUT2D eigenvalue weighted by Crippen LogP contribution is 1.67. The number of rotatable bonds is 4. The normalized spacial score (nSPS) is 7.90. The van der Waals surface area contributed by atoms with Gasteiger partial charge in [-0.3, -0.25) is 0 Å². The molecule has 0 saturated heterocycles. The van der Waals surface area contributed by atoms with Crippen LogP contribution in [0.5, 0.6) is 0 Å². The molecule has 0 heterocycles. The van der Waals surface area contributed by atoms with Crippen LogP contribution in [0.4, 0.5) is 0 Å². The van der Waals surface area contributed by atoms with Gasteiger partial charge in [0.2, 0.25) is 0 Å². The minimum atomic E-state index is -0.167. The predicted octanol–water partition coefficient (Wildman–Crippen LogP) is 1.06. The van der Waals surface area contributed by atoms with E-state index in [4.69, 9.17) is 0 Å². The van der Waals surface area contributed by atoms with E-state index in [0.29, 0.717) is 13.2 Å². The Hall–Kier alpha value is -0.380. The van der Waals surface area contributed by atoms with Crippen molar-refractivity contribution in [1.29, 1.82) is 0 Å². The van der Waals surface area contributed by atoms with Crippen LogP contribution in [0.2, 0.25) is 0 Å². The van der Waals surface area contributed by atoms with Crippen molar-refractivity contribution >= 4 is 0 Å². The van der Waals surface area contributed by atoms with E-state index in [1.54, 1.807) is 0 Å². The zero-order chi connectivity index (χ0) is 8.24. The second-order valence-electron chi connectivity index (χ2n) is 1.36. The van der Waals surface area contributed by atoms with Crippen molar-refractivity contribution in [3.8, 4) is 0 Å². The monoisotopic (exact) mass is 146 g/mol. The van der Waals surface area contributed by atoms with Crippen LogP contribution >= 0.6 is 0 Å². The minimum absolute atomic E-state index is 0.117. The van der Waals surface area contributed by atoms with Crippen molar-refractivity contribution in [3.05, 3.63) is 12.7 Å². The van der Waals surface area contributed by atoms with Crippen molar-refractivity contribution in [2.75, 3.05) is 26.4 Å². The first kappa shape index (κ1) is 12.3. The molecular weight excluding hydrogens is 132 g/mol. The Morgan fingerprint density at radius 3 is 2.10 bits per heavy atom. The molecule has 0 aliphatic rings. The summed E-state index contributed by atoms with van der Waals surface area (Å²) in [6, 6.07) is 0. The fraction of sp³-hybridized carbons (Fsp3) is 0.714. The Morgan fingerprint density at radius 2 is 2.00 bits per heavy atom. The lowest BCUT2D eigenvalue weighted by Gasteiger charge is -1.89. The zero-order valence-corrected chi connectivity index (χ0v) is 6.34. The van der Waals surface area contributed by atoms with Crippen molar-refractivity contribution < 1.29 is 14.9 Å². The summed E-state index contributed by atoms with van der Waals surface area (Å²) >= 11 is 0. The lowest BCUT2D eigenvalue weighted by Crippen LogP contribution is -1.95. The molecule has 0 saturated carbocycles. The Labute approximate surface area is 61.9 Å². The van der Waals surface area contributed by atoms with Gasteiger partial charge in [0, 0.05) is 6.61 Å². The van der Waals surface area contributed by atoms with Gasteiger partial charge in [-0.2, -0.15) is 0 Å². The quantitative estimate of drug-likeness (QED) is 0.432. The Morgan fingerprint density at radius 1 is 1.50 bits per heavy atom. The molecule has 0 rings (SSSR count). The fourth-order valence-electron chi connectivity index (χ4n) is 0.203. The van der Waals surface area contributed by atoms with E-state index in [2.05, 4.69) is 11.3 Å². The van der Waals surface area contributed by atoms with Crippen LogP contribution in [0, 0.1) is 0 Å². The molecule has 0 atom stereocenters. The molecule has 0 unspecified atom stereocenters. The number of hydrogen-bond donors (Lipinski definition) is 0. The summed E-state index contributed by atoms with van der Waals surface area (Å²) in [6.45, 7) is 5.77. The van der Waals surface area contributed by atoms with E-state index in [-0.39, 0.29) is 13.2 Å². The molecular formula is C7H14O3. The SMILES string of the molecule is C=CC[O].CCOCC[O]. The lowest BCUT2D eigenvalue weighted by atomic mass is 10.7. The third kappa shape index (κ3) is 25.5. The molecule has 0 amide bonds. The zero-order valence-electron chi connectivity index (χ0n) is 6.34. The van der Waals surface area contributed by atoms with Crippen molar-refractivity contribution in [2.45, 2.75) is 6.92 Å². The molecule has 0 aromatic carbocycles. The second-order valence-corrected chi connectivity index (χ2v) is 1.36. The molecule has 0 fully saturated rings. The Bertz CT molecular complexity index is 50.8. The maximum Gasteiger partial charge on any atom is 0.106 e. The maximum absolute atomic E-state index is 9.56. The van der Waals surface area contributed by atoms with Gasteiger partial charge in [-0.1, -0.05) is 6.08 Å². The maximum atomic E-state index is 9.56. The van der Waals surface area contributed by atoms with E-state index >= 15 is 0 Å². The summed E-state index contributed by atoms with van der Waals surface area (Å²) in [5.74, 6) is 0. The first-order valence-electron chi connectivity index (χ1n) is 3.18. The predicted molar refractivity (Wildman–Crippen MR) is 37.8 cm³/mol. The number of hydrogen-bond acceptors (Lipinski definition) is 1. The van der Waals surface area contributed by atoms with Gasteiger partial charge in [0.15, 0.2) is 0 Å². The lowest BCUT2D eigenvalue weighted by molar-refractivity contribution is 0.0706. The molecule has 60 valence electrons. The van der Waals surface area contributed by atoms with Gasteiger partial charge in [0.25, 0.3) is 0 Å². The van der Waals surface area contributed by atoms with Crippen LogP contribution in [0.1, 0.15) is 6.92 Å². The summed E-state index contributed by atoms with van der Waals surface area (Å²) in [4.78, 5) is 0. The topological polar surface area (TPSA) is 49.0 Å². The first-order valence-corrected chi connectivity index (χ1v) is 3.18. The van der Waals surface area contributed by atoms with Gasteiger partial charge in [0.05, 0.1) is 6.61 Å². The average molecular weight is 146 g/mol. The van der Waals surface area contributed by atoms with Crippen LogP contribution in [0.25, 0.3) is 0 Å². The van der Waals surface area contributed by atoms with E-state index in [0.717, 1.165) is 0 Å². The van der Waals surface area contributed by atoms with E-state index < -0.39 is 0 Å². The highest BCUT2D eigenvalue weighted by atomic mass is 16.5. The smallest absolute Gasteiger partial charge is 0.106 e. The van der Waals surface area contributed by atoms with Gasteiger partial charge in [-0.05, 0) is 6.92 Å². The van der Waals surface area contributed by atoms with Gasteiger partial charge < -0.3 is 4.74 Å². The van der Waals surface area contributed by atoms with Crippen LogP contribution in [0.15, 0.2) is 12.7 Å². The molecule has 0 aromatic rings. The third-order valence-electron chi connectivity index (χ3n) is 0.550. The molecule has 3 heteroatoms. The molecule has 0 aromatic heterocycles. The van der Waals surface area contributed by atoms with Crippen molar-refractivity contribution in [3.63, 3.8) is 0 Å². The molecule has 2 radical (unpaired) electrons. The van der Waals surface area contributed by atoms with E-state index in [1.165, 1.54) is 6.08 Å². The minimum Gasteiger partial charge on any atom is -0.379 e. The summed E-state index contributed by atoms with van der Waals surface area (Å²) in [6.07, 6.45) is 1.32. The van der Waals surface area contributed by atoms with E-state index in [9.17, 15) is 10.2 Å². The Balaban J connectivity index is 0. The standard InChI is InChI=1S/C4H9O2.C3H5O/c1-2-6-4-3-5;1-2-3-4/h2-4H2,1H3;2H,1,3H2. The molecule has 3 nitrogen and oxygen atoms in total. The van der Waals surface area contributed by atoms with Crippen LogP contribution in [-0.4, -0.2) is 26.4 Å².